The van der Waals surface area contributed by atoms with Crippen LogP contribution < -0.4 is 4.90 Å². The summed E-state index contributed by atoms with van der Waals surface area (Å²) in [5.74, 6) is -1.52. The third kappa shape index (κ3) is 4.39. The lowest BCUT2D eigenvalue weighted by Crippen LogP contribution is -2.45. The van der Waals surface area contributed by atoms with Crippen LogP contribution in [0.5, 0.6) is 0 Å². The van der Waals surface area contributed by atoms with Crippen molar-refractivity contribution in [3.05, 3.63) is 59.8 Å². The predicted molar refractivity (Wildman–Crippen MR) is 124 cm³/mol. The summed E-state index contributed by atoms with van der Waals surface area (Å²) in [6.07, 6.45) is -0.724. The van der Waals surface area contributed by atoms with Crippen molar-refractivity contribution in [2.75, 3.05) is 31.6 Å². The molecule has 0 saturated carbocycles. The molecule has 0 unspecified atom stereocenters. The second kappa shape index (κ2) is 8.19. The smallest absolute Gasteiger partial charge is 0.386 e. The van der Waals surface area contributed by atoms with E-state index in [2.05, 4.69) is 24.8 Å². The number of fused-ring (bicyclic) bond motifs is 2. The van der Waals surface area contributed by atoms with Gasteiger partial charge < -0.3 is 19.9 Å². The Morgan fingerprint density at radius 2 is 2.03 bits per heavy atom. The molecule has 182 valence electrons. The molecule has 4 aromatic rings. The van der Waals surface area contributed by atoms with Crippen molar-refractivity contribution in [1.29, 1.82) is 0 Å². The van der Waals surface area contributed by atoms with Crippen molar-refractivity contribution < 1.29 is 23.1 Å². The number of carbonyl (C=O) groups excluding carboxylic acids is 1. The minimum Gasteiger partial charge on any atom is -0.386 e. The Morgan fingerprint density at radius 1 is 1.23 bits per heavy atom. The molecule has 35 heavy (non-hydrogen) atoms. The maximum Gasteiger partial charge on any atom is 0.449 e. The molecule has 1 aliphatic rings. The van der Waals surface area contributed by atoms with Gasteiger partial charge in [0, 0.05) is 54.9 Å². The van der Waals surface area contributed by atoms with E-state index in [0.29, 0.717) is 19.5 Å². The number of pyridine rings is 2. The summed E-state index contributed by atoms with van der Waals surface area (Å²) in [6, 6.07) is 7.96. The molecular formula is C24H23F3N6O2. The molecule has 1 atom stereocenters. The zero-order chi connectivity index (χ0) is 25.0. The van der Waals surface area contributed by atoms with Crippen molar-refractivity contribution in [3.63, 3.8) is 0 Å². The number of β-amino-alcohol motifs (C(OH)–C–C–N with tert-alkyl or cyclic N) is 1. The number of benzene rings is 1. The standard InChI is InChI=1S/C24H23F3N6O2/c1-14-9-20(16-11-28-7-5-17(16)29-14)33-8-6-23(35,13-33)12-32(2)21(34)15-3-4-18-19(10-15)31-22(30-18)24(25,26)27/h3-5,7,9-11,35H,6,8,12-13H2,1-2H3,(H,30,31)/t23-/m0/s1. The molecule has 0 bridgehead atoms. The lowest BCUT2D eigenvalue weighted by molar-refractivity contribution is -0.144. The number of hydrogen-bond acceptors (Lipinski definition) is 6. The minimum atomic E-state index is -4.60. The second-order valence-electron chi connectivity index (χ2n) is 9.05. The number of H-pyrrole nitrogens is 1. The molecule has 0 radical (unpaired) electrons. The molecular weight excluding hydrogens is 461 g/mol. The molecule has 2 N–H and O–H groups in total. The van der Waals surface area contributed by atoms with Crippen molar-refractivity contribution >= 4 is 33.5 Å². The lowest BCUT2D eigenvalue weighted by Gasteiger charge is -2.29. The van der Waals surface area contributed by atoms with Gasteiger partial charge in [0.05, 0.1) is 23.1 Å². The topological polar surface area (TPSA) is 98.2 Å². The van der Waals surface area contributed by atoms with E-state index in [0.717, 1.165) is 22.3 Å². The van der Waals surface area contributed by atoms with E-state index in [1.165, 1.54) is 23.1 Å². The number of nitrogens with zero attached hydrogens (tertiary/aromatic N) is 5. The molecule has 5 rings (SSSR count). The molecule has 3 aromatic heterocycles. The SMILES string of the molecule is Cc1cc(N2CC[C@](O)(CN(C)C(=O)c3ccc4nc(C(F)(F)F)[nH]c4c3)C2)c2cnccc2n1. The highest BCUT2D eigenvalue weighted by molar-refractivity contribution is 5.97. The maximum atomic E-state index is 13.0. The Kier molecular flexibility index (Phi) is 5.39. The Balaban J connectivity index is 1.33. The third-order valence-electron chi connectivity index (χ3n) is 6.26. The van der Waals surface area contributed by atoms with Crippen molar-refractivity contribution in [2.45, 2.75) is 25.1 Å². The van der Waals surface area contributed by atoms with Crippen LogP contribution in [-0.4, -0.2) is 68.1 Å². The van der Waals surface area contributed by atoms with Gasteiger partial charge in [-0.05, 0) is 43.7 Å². The van der Waals surface area contributed by atoms with E-state index < -0.39 is 23.5 Å². The zero-order valence-electron chi connectivity index (χ0n) is 19.1. The van der Waals surface area contributed by atoms with E-state index in [1.54, 1.807) is 19.4 Å². The van der Waals surface area contributed by atoms with Crippen LogP contribution >= 0.6 is 0 Å². The number of aliphatic hydroxyl groups is 1. The minimum absolute atomic E-state index is 0.0669. The molecule has 11 heteroatoms. The average molecular weight is 484 g/mol. The van der Waals surface area contributed by atoms with E-state index in [9.17, 15) is 23.1 Å². The highest BCUT2D eigenvalue weighted by Gasteiger charge is 2.39. The van der Waals surface area contributed by atoms with Crippen molar-refractivity contribution in [1.82, 2.24) is 24.8 Å². The fraction of sp³-hybridized carbons (Fsp3) is 0.333. The van der Waals surface area contributed by atoms with Gasteiger partial charge in [-0.25, -0.2) is 4.98 Å². The number of aromatic nitrogens is 4. The summed E-state index contributed by atoms with van der Waals surface area (Å²) < 4.78 is 38.8. The van der Waals surface area contributed by atoms with Crippen molar-refractivity contribution in [2.24, 2.45) is 0 Å². The number of aromatic amines is 1. The first kappa shape index (κ1) is 23.0. The second-order valence-corrected chi connectivity index (χ2v) is 9.05. The highest BCUT2D eigenvalue weighted by atomic mass is 19.4. The quantitative estimate of drug-likeness (QED) is 0.460. The summed E-state index contributed by atoms with van der Waals surface area (Å²) in [7, 11) is 1.57. The number of carbonyl (C=O) groups is 1. The number of halogens is 3. The number of imidazole rings is 1. The highest BCUT2D eigenvalue weighted by Crippen LogP contribution is 2.33. The molecule has 1 aliphatic heterocycles. The average Bonchev–Trinajstić information content (AvgIpc) is 3.41. The number of anilines is 1. The first-order chi connectivity index (χ1) is 16.5. The van der Waals surface area contributed by atoms with Crippen LogP contribution in [0.1, 0.15) is 28.3 Å². The van der Waals surface area contributed by atoms with Gasteiger partial charge in [-0.15, -0.1) is 0 Å². The summed E-state index contributed by atoms with van der Waals surface area (Å²) in [6.45, 7) is 2.88. The number of amides is 1. The number of rotatable bonds is 4. The van der Waals surface area contributed by atoms with Gasteiger partial charge >= 0.3 is 6.18 Å². The number of likely N-dealkylation sites (N-methyl/N-ethyl adjacent to an activating group) is 1. The van der Waals surface area contributed by atoms with E-state index >= 15 is 0 Å². The van der Waals surface area contributed by atoms with Gasteiger partial charge in [0.25, 0.3) is 5.91 Å². The summed E-state index contributed by atoms with van der Waals surface area (Å²) in [4.78, 5) is 31.0. The monoisotopic (exact) mass is 484 g/mol. The Morgan fingerprint density at radius 3 is 2.80 bits per heavy atom. The number of nitrogens with one attached hydrogen (secondary N) is 1. The van der Waals surface area contributed by atoms with Crippen LogP contribution in [0, 0.1) is 6.92 Å². The van der Waals surface area contributed by atoms with E-state index in [-0.39, 0.29) is 23.1 Å². The van der Waals surface area contributed by atoms with Crippen molar-refractivity contribution in [3.8, 4) is 0 Å². The fourth-order valence-electron chi connectivity index (χ4n) is 4.64. The molecule has 0 spiro atoms. The van der Waals surface area contributed by atoms with Gasteiger partial charge in [-0.3, -0.25) is 14.8 Å². The molecule has 1 aromatic carbocycles. The molecule has 1 saturated heterocycles. The largest absolute Gasteiger partial charge is 0.449 e. The Labute approximate surface area is 198 Å². The lowest BCUT2D eigenvalue weighted by atomic mass is 10.0. The van der Waals surface area contributed by atoms with Crippen LogP contribution in [0.25, 0.3) is 21.9 Å². The Bertz CT molecular complexity index is 1440. The van der Waals surface area contributed by atoms with Crippen LogP contribution in [0.3, 0.4) is 0 Å². The summed E-state index contributed by atoms with van der Waals surface area (Å²) >= 11 is 0. The van der Waals surface area contributed by atoms with E-state index in [4.69, 9.17) is 0 Å². The number of alkyl halides is 3. The number of hydrogen-bond donors (Lipinski definition) is 2. The summed E-state index contributed by atoms with van der Waals surface area (Å²) in [5.41, 5.74) is 1.89. The normalized spacial score (nSPS) is 18.5. The third-order valence-corrected chi connectivity index (χ3v) is 6.26. The van der Waals surface area contributed by atoms with Crippen LogP contribution in [-0.2, 0) is 6.18 Å². The Hall–Kier alpha value is -3.73. The number of aryl methyl sites for hydroxylation is 1. The molecule has 4 heterocycles. The van der Waals surface area contributed by atoms with Gasteiger partial charge in [0.15, 0.2) is 0 Å². The van der Waals surface area contributed by atoms with Crippen LogP contribution in [0.2, 0.25) is 0 Å². The first-order valence-electron chi connectivity index (χ1n) is 11.0. The molecule has 1 fully saturated rings. The van der Waals surface area contributed by atoms with Crippen LogP contribution in [0.15, 0.2) is 42.7 Å². The summed E-state index contributed by atoms with van der Waals surface area (Å²) in [5, 5.41) is 12.2. The van der Waals surface area contributed by atoms with Gasteiger partial charge in [0.2, 0.25) is 5.82 Å². The van der Waals surface area contributed by atoms with Gasteiger partial charge in [-0.1, -0.05) is 0 Å². The van der Waals surface area contributed by atoms with Gasteiger partial charge in [0.1, 0.15) is 5.60 Å². The molecule has 8 nitrogen and oxygen atoms in total. The first-order valence-corrected chi connectivity index (χ1v) is 11.0. The van der Waals surface area contributed by atoms with Gasteiger partial charge in [-0.2, -0.15) is 13.2 Å². The molecule has 1 amide bonds. The maximum absolute atomic E-state index is 13.0. The predicted octanol–water partition coefficient (Wildman–Crippen LogP) is 3.55. The fourth-order valence-corrected chi connectivity index (χ4v) is 4.64. The van der Waals surface area contributed by atoms with E-state index in [1.807, 2.05) is 19.1 Å². The van der Waals surface area contributed by atoms with Crippen LogP contribution in [0.4, 0.5) is 18.9 Å². The molecule has 0 aliphatic carbocycles. The zero-order valence-corrected chi connectivity index (χ0v) is 19.1.